The first kappa shape index (κ1) is 11.3. The second-order valence-corrected chi connectivity index (χ2v) is 4.70. The second kappa shape index (κ2) is 5.25. The predicted molar refractivity (Wildman–Crippen MR) is 61.1 cm³/mol. The van der Waals surface area contributed by atoms with E-state index < -0.39 is 0 Å². The molecule has 4 nitrogen and oxygen atoms in total. The molecule has 0 aliphatic carbocycles. The monoisotopic (exact) mass is 213 g/mol. The Morgan fingerprint density at radius 2 is 2.00 bits per heavy atom. The van der Waals surface area contributed by atoms with E-state index >= 15 is 0 Å². The number of ether oxygens (including phenoxy) is 1. The smallest absolute Gasteiger partial charge is 0.0670 e. The Labute approximate surface area is 92.6 Å². The van der Waals surface area contributed by atoms with Gasteiger partial charge in [0.05, 0.1) is 6.10 Å². The number of nitrogens with one attached hydrogen (secondary N) is 1. The van der Waals surface area contributed by atoms with Crippen LogP contribution >= 0.6 is 0 Å². The fourth-order valence-electron chi connectivity index (χ4n) is 2.41. The summed E-state index contributed by atoms with van der Waals surface area (Å²) in [6.45, 7) is 10.4. The van der Waals surface area contributed by atoms with Gasteiger partial charge in [-0.1, -0.05) is 0 Å². The summed E-state index contributed by atoms with van der Waals surface area (Å²) in [6, 6.07) is 0.802. The lowest BCUT2D eigenvalue weighted by atomic mass is 10.1. The number of methoxy groups -OCH3 is 1. The fourth-order valence-corrected chi connectivity index (χ4v) is 2.41. The van der Waals surface area contributed by atoms with E-state index in [1.807, 2.05) is 0 Å². The van der Waals surface area contributed by atoms with Crippen molar-refractivity contribution in [1.29, 1.82) is 0 Å². The highest BCUT2D eigenvalue weighted by Gasteiger charge is 2.32. The Balaban J connectivity index is 1.64. The van der Waals surface area contributed by atoms with Gasteiger partial charge in [0.15, 0.2) is 0 Å². The van der Waals surface area contributed by atoms with Gasteiger partial charge in [-0.25, -0.2) is 0 Å². The first-order valence-corrected chi connectivity index (χ1v) is 5.99. The quantitative estimate of drug-likeness (QED) is 0.688. The van der Waals surface area contributed by atoms with Gasteiger partial charge in [-0.2, -0.15) is 0 Å². The van der Waals surface area contributed by atoms with Crippen LogP contribution in [-0.2, 0) is 4.74 Å². The molecule has 0 radical (unpaired) electrons. The van der Waals surface area contributed by atoms with Gasteiger partial charge in [0.1, 0.15) is 0 Å². The minimum absolute atomic E-state index is 0.369. The zero-order valence-corrected chi connectivity index (χ0v) is 9.91. The Kier molecular flexibility index (Phi) is 3.97. The third-order valence-corrected chi connectivity index (χ3v) is 3.52. The lowest BCUT2D eigenvalue weighted by Crippen LogP contribution is -2.63. The highest BCUT2D eigenvalue weighted by Crippen LogP contribution is 2.15. The molecule has 1 atom stereocenters. The van der Waals surface area contributed by atoms with E-state index in [1.54, 1.807) is 7.11 Å². The molecule has 2 heterocycles. The molecule has 2 aliphatic heterocycles. The fraction of sp³-hybridized carbons (Fsp3) is 1.00. The van der Waals surface area contributed by atoms with E-state index in [2.05, 4.69) is 22.0 Å². The third-order valence-electron chi connectivity index (χ3n) is 3.52. The summed E-state index contributed by atoms with van der Waals surface area (Å²) in [7, 11) is 1.79. The molecule has 2 rings (SSSR count). The van der Waals surface area contributed by atoms with E-state index in [-0.39, 0.29) is 0 Å². The standard InChI is InChI=1S/C11H23N3O/c1-10(15-2)7-13-8-11(9-13)14-5-3-12-4-6-14/h10-12H,3-9H2,1-2H3. The molecule has 4 heteroatoms. The lowest BCUT2D eigenvalue weighted by molar-refractivity contribution is -0.00730. The zero-order chi connectivity index (χ0) is 10.7. The molecule has 0 bridgehead atoms. The maximum Gasteiger partial charge on any atom is 0.0670 e. The minimum Gasteiger partial charge on any atom is -0.380 e. The SMILES string of the molecule is COC(C)CN1CC(N2CCNCC2)C1. The normalized spacial score (nSPS) is 27.6. The minimum atomic E-state index is 0.369. The first-order chi connectivity index (χ1) is 7.29. The van der Waals surface area contributed by atoms with Crippen molar-refractivity contribution in [2.24, 2.45) is 0 Å². The van der Waals surface area contributed by atoms with Crippen LogP contribution in [0.2, 0.25) is 0 Å². The van der Waals surface area contributed by atoms with Crippen LogP contribution in [0.3, 0.4) is 0 Å². The summed E-state index contributed by atoms with van der Waals surface area (Å²) in [5, 5.41) is 3.40. The van der Waals surface area contributed by atoms with Crippen molar-refractivity contribution in [3.05, 3.63) is 0 Å². The first-order valence-electron chi connectivity index (χ1n) is 5.99. The number of hydrogen-bond acceptors (Lipinski definition) is 4. The van der Waals surface area contributed by atoms with Crippen LogP contribution in [0, 0.1) is 0 Å². The van der Waals surface area contributed by atoms with Gasteiger partial charge in [0.25, 0.3) is 0 Å². The van der Waals surface area contributed by atoms with Crippen LogP contribution in [0.15, 0.2) is 0 Å². The molecular weight excluding hydrogens is 190 g/mol. The van der Waals surface area contributed by atoms with Crippen molar-refractivity contribution in [3.8, 4) is 0 Å². The zero-order valence-electron chi connectivity index (χ0n) is 9.91. The predicted octanol–water partition coefficient (Wildman–Crippen LogP) is -0.389. The summed E-state index contributed by atoms with van der Waals surface area (Å²) in [4.78, 5) is 5.10. The molecule has 1 N–H and O–H groups in total. The third kappa shape index (κ3) is 2.91. The van der Waals surface area contributed by atoms with Crippen molar-refractivity contribution in [3.63, 3.8) is 0 Å². The van der Waals surface area contributed by atoms with Gasteiger partial charge >= 0.3 is 0 Å². The van der Waals surface area contributed by atoms with Crippen molar-refractivity contribution >= 4 is 0 Å². The number of hydrogen-bond donors (Lipinski definition) is 1. The molecule has 0 aromatic heterocycles. The molecule has 0 amide bonds. The van der Waals surface area contributed by atoms with E-state index in [0.29, 0.717) is 6.10 Å². The van der Waals surface area contributed by atoms with E-state index in [0.717, 1.165) is 25.7 Å². The lowest BCUT2D eigenvalue weighted by Gasteiger charge is -2.47. The molecular formula is C11H23N3O. The van der Waals surface area contributed by atoms with E-state index in [9.17, 15) is 0 Å². The maximum atomic E-state index is 5.27. The van der Waals surface area contributed by atoms with Gasteiger partial charge in [-0.3, -0.25) is 9.80 Å². The Hall–Kier alpha value is -0.160. The average Bonchev–Trinajstić information content (AvgIpc) is 2.23. The van der Waals surface area contributed by atoms with Crippen LogP contribution < -0.4 is 5.32 Å². The van der Waals surface area contributed by atoms with Crippen molar-refractivity contribution in [2.45, 2.75) is 19.1 Å². The highest BCUT2D eigenvalue weighted by molar-refractivity contribution is 4.90. The number of piperazine rings is 1. The Morgan fingerprint density at radius 3 is 2.60 bits per heavy atom. The van der Waals surface area contributed by atoms with Gasteiger partial charge in [0.2, 0.25) is 0 Å². The molecule has 15 heavy (non-hydrogen) atoms. The van der Waals surface area contributed by atoms with Gasteiger partial charge in [-0.15, -0.1) is 0 Å². The molecule has 0 spiro atoms. The summed E-state index contributed by atoms with van der Waals surface area (Å²) < 4.78 is 5.27. The number of rotatable bonds is 4. The van der Waals surface area contributed by atoms with Crippen LogP contribution in [-0.4, -0.2) is 74.9 Å². The molecule has 1 unspecified atom stereocenters. The van der Waals surface area contributed by atoms with Gasteiger partial charge < -0.3 is 10.1 Å². The molecule has 2 aliphatic rings. The van der Waals surface area contributed by atoms with Gasteiger partial charge in [-0.05, 0) is 6.92 Å². The molecule has 0 saturated carbocycles. The molecule has 2 fully saturated rings. The van der Waals surface area contributed by atoms with Crippen LogP contribution in [0.5, 0.6) is 0 Å². The van der Waals surface area contributed by atoms with Crippen LogP contribution in [0.4, 0.5) is 0 Å². The van der Waals surface area contributed by atoms with Crippen LogP contribution in [0.25, 0.3) is 0 Å². The summed E-state index contributed by atoms with van der Waals surface area (Å²) in [6.07, 6.45) is 0.369. The molecule has 0 aromatic rings. The Bertz CT molecular complexity index is 188. The van der Waals surface area contributed by atoms with Gasteiger partial charge in [0, 0.05) is 59.0 Å². The van der Waals surface area contributed by atoms with Crippen molar-refractivity contribution in [2.75, 3.05) is 52.9 Å². The number of likely N-dealkylation sites (tertiary alicyclic amines) is 1. The molecule has 2 saturated heterocycles. The maximum absolute atomic E-state index is 5.27. The second-order valence-electron chi connectivity index (χ2n) is 4.70. The highest BCUT2D eigenvalue weighted by atomic mass is 16.5. The molecule has 88 valence electrons. The number of nitrogens with zero attached hydrogens (tertiary/aromatic N) is 2. The summed E-state index contributed by atoms with van der Waals surface area (Å²) in [5.41, 5.74) is 0. The summed E-state index contributed by atoms with van der Waals surface area (Å²) in [5.74, 6) is 0. The van der Waals surface area contributed by atoms with Crippen molar-refractivity contribution < 1.29 is 4.74 Å². The van der Waals surface area contributed by atoms with Crippen molar-refractivity contribution in [1.82, 2.24) is 15.1 Å². The Morgan fingerprint density at radius 1 is 1.33 bits per heavy atom. The topological polar surface area (TPSA) is 27.7 Å². The van der Waals surface area contributed by atoms with Crippen LogP contribution in [0.1, 0.15) is 6.92 Å². The van der Waals surface area contributed by atoms with E-state index in [1.165, 1.54) is 26.2 Å². The molecule has 0 aromatic carbocycles. The summed E-state index contributed by atoms with van der Waals surface area (Å²) >= 11 is 0. The largest absolute Gasteiger partial charge is 0.380 e. The average molecular weight is 213 g/mol. The van der Waals surface area contributed by atoms with E-state index in [4.69, 9.17) is 4.74 Å².